The lowest BCUT2D eigenvalue weighted by Crippen LogP contribution is -2.37. The molecule has 2 aromatic rings. The summed E-state index contributed by atoms with van der Waals surface area (Å²) in [7, 11) is 0. The molecule has 1 saturated carbocycles. The molecule has 1 saturated heterocycles. The van der Waals surface area contributed by atoms with Crippen molar-refractivity contribution in [3.8, 4) is 17.8 Å². The standard InChI is InChI=1S/C22H27F3N8O3/c23-22(24,25)12-29-18(34)17-30-19(32-20(31-17)36-13-21(11-26)5-6-21)33-8-3-14(4-9-33)10-35-15-2-1-7-28-16(15)27/h1-2,7,14,18,29,34H,3-6,8-10,12-13H2,(H2,27,28). The highest BCUT2D eigenvalue weighted by atomic mass is 19.4. The number of ether oxygens (including phenoxy) is 2. The predicted octanol–water partition coefficient (Wildman–Crippen LogP) is 1.97. The van der Waals surface area contributed by atoms with E-state index in [9.17, 15) is 23.5 Å². The molecular formula is C22H27F3N8O3. The second-order valence-corrected chi connectivity index (χ2v) is 8.98. The van der Waals surface area contributed by atoms with Crippen LogP contribution in [-0.2, 0) is 0 Å². The molecule has 194 valence electrons. The molecule has 1 aliphatic carbocycles. The molecular weight excluding hydrogens is 481 g/mol. The number of nitriles is 1. The van der Waals surface area contributed by atoms with E-state index in [4.69, 9.17) is 15.2 Å². The van der Waals surface area contributed by atoms with E-state index in [0.29, 0.717) is 44.1 Å². The fraction of sp³-hybridized carbons (Fsp3) is 0.591. The van der Waals surface area contributed by atoms with Crippen LogP contribution in [0.3, 0.4) is 0 Å². The summed E-state index contributed by atoms with van der Waals surface area (Å²) in [5, 5.41) is 21.5. The molecule has 36 heavy (non-hydrogen) atoms. The summed E-state index contributed by atoms with van der Waals surface area (Å²) < 4.78 is 49.2. The molecule has 0 amide bonds. The number of aromatic nitrogens is 4. The number of hydrogen-bond donors (Lipinski definition) is 3. The summed E-state index contributed by atoms with van der Waals surface area (Å²) in [5.41, 5.74) is 5.21. The van der Waals surface area contributed by atoms with E-state index >= 15 is 0 Å². The lowest BCUT2D eigenvalue weighted by Gasteiger charge is -2.32. The van der Waals surface area contributed by atoms with E-state index < -0.39 is 24.4 Å². The lowest BCUT2D eigenvalue weighted by molar-refractivity contribution is -0.131. The van der Waals surface area contributed by atoms with Crippen molar-refractivity contribution in [3.63, 3.8) is 0 Å². The zero-order valence-corrected chi connectivity index (χ0v) is 19.4. The Balaban J connectivity index is 1.41. The van der Waals surface area contributed by atoms with Gasteiger partial charge in [0.1, 0.15) is 6.61 Å². The highest BCUT2D eigenvalue weighted by Gasteiger charge is 2.44. The number of aliphatic hydroxyl groups excluding tert-OH is 1. The molecule has 1 aliphatic heterocycles. The zero-order valence-electron chi connectivity index (χ0n) is 19.4. The first kappa shape index (κ1) is 25.6. The number of alkyl halides is 3. The van der Waals surface area contributed by atoms with Crippen molar-refractivity contribution in [1.29, 1.82) is 5.26 Å². The summed E-state index contributed by atoms with van der Waals surface area (Å²) in [5.74, 6) is 0.971. The number of nitrogens with one attached hydrogen (secondary N) is 1. The fourth-order valence-electron chi connectivity index (χ4n) is 3.67. The summed E-state index contributed by atoms with van der Waals surface area (Å²) in [6.45, 7) is 0.184. The fourth-order valence-corrected chi connectivity index (χ4v) is 3.67. The third-order valence-electron chi connectivity index (χ3n) is 6.10. The topological polar surface area (TPSA) is 155 Å². The van der Waals surface area contributed by atoms with Crippen LogP contribution in [-0.4, -0.2) is 64.1 Å². The number of nitrogens with zero attached hydrogens (tertiary/aromatic N) is 6. The number of rotatable bonds is 10. The Kier molecular flexibility index (Phi) is 7.60. The maximum absolute atomic E-state index is 12.6. The number of nitrogen functional groups attached to an aromatic ring is 1. The summed E-state index contributed by atoms with van der Waals surface area (Å²) in [6.07, 6.45) is -1.87. The Morgan fingerprint density at radius 2 is 2.00 bits per heavy atom. The molecule has 1 unspecified atom stereocenters. The van der Waals surface area contributed by atoms with E-state index in [2.05, 4.69) is 26.0 Å². The van der Waals surface area contributed by atoms with Gasteiger partial charge in [-0.15, -0.1) is 0 Å². The van der Waals surface area contributed by atoms with Crippen molar-refractivity contribution < 1.29 is 27.8 Å². The molecule has 1 atom stereocenters. The zero-order chi connectivity index (χ0) is 25.8. The molecule has 2 aromatic heterocycles. The maximum atomic E-state index is 12.6. The highest BCUT2D eigenvalue weighted by Crippen LogP contribution is 2.44. The van der Waals surface area contributed by atoms with Crippen LogP contribution in [0.2, 0.25) is 0 Å². The lowest BCUT2D eigenvalue weighted by atomic mass is 9.98. The Morgan fingerprint density at radius 1 is 1.25 bits per heavy atom. The van der Waals surface area contributed by atoms with Crippen LogP contribution in [0.1, 0.15) is 37.7 Å². The van der Waals surface area contributed by atoms with Crippen LogP contribution >= 0.6 is 0 Å². The Morgan fingerprint density at radius 3 is 2.64 bits per heavy atom. The van der Waals surface area contributed by atoms with Crippen molar-refractivity contribution in [3.05, 3.63) is 24.2 Å². The third-order valence-corrected chi connectivity index (χ3v) is 6.10. The second kappa shape index (κ2) is 10.7. The number of hydrogen-bond acceptors (Lipinski definition) is 11. The van der Waals surface area contributed by atoms with Gasteiger partial charge in [0.05, 0.1) is 24.6 Å². The van der Waals surface area contributed by atoms with Crippen molar-refractivity contribution in [1.82, 2.24) is 25.3 Å². The van der Waals surface area contributed by atoms with Gasteiger partial charge in [0.2, 0.25) is 5.95 Å². The van der Waals surface area contributed by atoms with E-state index in [1.807, 2.05) is 10.2 Å². The Hall–Kier alpha value is -3.44. The molecule has 0 aromatic carbocycles. The minimum Gasteiger partial charge on any atom is -0.489 e. The van der Waals surface area contributed by atoms with Crippen LogP contribution < -0.4 is 25.4 Å². The van der Waals surface area contributed by atoms with Gasteiger partial charge in [0, 0.05) is 19.3 Å². The molecule has 0 radical (unpaired) electrons. The van der Waals surface area contributed by atoms with Gasteiger partial charge < -0.3 is 25.2 Å². The van der Waals surface area contributed by atoms with Gasteiger partial charge in [0.25, 0.3) is 0 Å². The molecule has 2 fully saturated rings. The van der Waals surface area contributed by atoms with Gasteiger partial charge >= 0.3 is 12.2 Å². The molecule has 4 rings (SSSR count). The quantitative estimate of drug-likeness (QED) is 0.403. The van der Waals surface area contributed by atoms with E-state index in [0.717, 1.165) is 12.8 Å². The molecule has 0 spiro atoms. The molecule has 2 aliphatic rings. The van der Waals surface area contributed by atoms with Crippen LogP contribution in [0.5, 0.6) is 11.8 Å². The van der Waals surface area contributed by atoms with Gasteiger partial charge in [0.15, 0.2) is 23.6 Å². The van der Waals surface area contributed by atoms with Crippen molar-refractivity contribution in [2.75, 3.05) is 43.5 Å². The van der Waals surface area contributed by atoms with Crippen molar-refractivity contribution in [2.45, 2.75) is 38.1 Å². The summed E-state index contributed by atoms with van der Waals surface area (Å²) in [6, 6.07) is 5.53. The summed E-state index contributed by atoms with van der Waals surface area (Å²) in [4.78, 5) is 18.3. The Bertz CT molecular complexity index is 1080. The molecule has 3 heterocycles. The van der Waals surface area contributed by atoms with Gasteiger partial charge in [-0.05, 0) is 43.7 Å². The average Bonchev–Trinajstić information content (AvgIpc) is 3.66. The van der Waals surface area contributed by atoms with E-state index in [-0.39, 0.29) is 30.3 Å². The monoisotopic (exact) mass is 508 g/mol. The largest absolute Gasteiger partial charge is 0.489 e. The minimum absolute atomic E-state index is 0.0509. The van der Waals surface area contributed by atoms with Crippen LogP contribution in [0, 0.1) is 22.7 Å². The van der Waals surface area contributed by atoms with Crippen molar-refractivity contribution >= 4 is 11.8 Å². The van der Waals surface area contributed by atoms with Gasteiger partial charge in [-0.25, -0.2) is 4.98 Å². The van der Waals surface area contributed by atoms with Crippen LogP contribution in [0.25, 0.3) is 0 Å². The first-order chi connectivity index (χ1) is 17.2. The van der Waals surface area contributed by atoms with E-state index in [1.165, 1.54) is 0 Å². The number of piperidine rings is 1. The number of anilines is 2. The van der Waals surface area contributed by atoms with Crippen LogP contribution in [0.4, 0.5) is 24.9 Å². The van der Waals surface area contributed by atoms with Gasteiger partial charge in [-0.1, -0.05) is 0 Å². The number of aliphatic hydroxyl groups is 1. The smallest absolute Gasteiger partial charge is 0.401 e. The molecule has 4 N–H and O–H groups in total. The SMILES string of the molecule is N#CC1(COc2nc(C(O)NCC(F)(F)F)nc(N3CCC(COc4cccnc4N)CC3)n2)CC1. The second-order valence-electron chi connectivity index (χ2n) is 8.98. The van der Waals surface area contributed by atoms with Crippen molar-refractivity contribution in [2.24, 2.45) is 11.3 Å². The average molecular weight is 509 g/mol. The maximum Gasteiger partial charge on any atom is 0.401 e. The molecule has 0 bridgehead atoms. The first-order valence-electron chi connectivity index (χ1n) is 11.5. The van der Waals surface area contributed by atoms with Gasteiger partial charge in [-0.3, -0.25) is 5.32 Å². The number of nitrogens with two attached hydrogens (primary N) is 1. The highest BCUT2D eigenvalue weighted by molar-refractivity contribution is 5.44. The summed E-state index contributed by atoms with van der Waals surface area (Å²) >= 11 is 0. The molecule has 14 heteroatoms. The Labute approximate surface area is 205 Å². The van der Waals surface area contributed by atoms with Gasteiger partial charge in [-0.2, -0.15) is 33.4 Å². The molecule has 11 nitrogen and oxygen atoms in total. The number of pyridine rings is 1. The number of halogens is 3. The third kappa shape index (κ3) is 6.82. The normalized spacial score (nSPS) is 18.4. The van der Waals surface area contributed by atoms with E-state index in [1.54, 1.807) is 18.3 Å². The van der Waals surface area contributed by atoms with Crippen LogP contribution in [0.15, 0.2) is 18.3 Å². The minimum atomic E-state index is -4.52. The first-order valence-corrected chi connectivity index (χ1v) is 11.5. The predicted molar refractivity (Wildman–Crippen MR) is 121 cm³/mol.